The van der Waals surface area contributed by atoms with E-state index in [4.69, 9.17) is 27.2 Å². The van der Waals surface area contributed by atoms with E-state index in [1.807, 2.05) is 36.4 Å². The van der Waals surface area contributed by atoms with Gasteiger partial charge in [-0.1, -0.05) is 182 Å². The van der Waals surface area contributed by atoms with E-state index >= 15 is 0 Å². The van der Waals surface area contributed by atoms with Crippen molar-refractivity contribution in [3.05, 3.63) is 206 Å². The molecule has 0 unspecified atom stereocenters. The first-order valence-electron chi connectivity index (χ1n) is 18.7. The fourth-order valence-corrected chi connectivity index (χ4v) is 12.2. The summed E-state index contributed by atoms with van der Waals surface area (Å²) in [5, 5.41) is 3.96. The summed E-state index contributed by atoms with van der Waals surface area (Å²) in [5.41, 5.74) is 12.4. The monoisotopic (exact) mass is 752 g/mol. The Balaban J connectivity index is 0.914. The van der Waals surface area contributed by atoms with Crippen LogP contribution in [0.2, 0.25) is 0 Å². The first kappa shape index (κ1) is 34.1. The lowest BCUT2D eigenvalue weighted by Crippen LogP contribution is -2.23. The zero-order valence-corrected chi connectivity index (χ0v) is 32.2. The van der Waals surface area contributed by atoms with Gasteiger partial charge in [-0.25, -0.2) is 15.0 Å². The molecule has 0 bridgehead atoms. The van der Waals surface area contributed by atoms with Crippen LogP contribution >= 0.6 is 18.7 Å². The smallest absolute Gasteiger partial charge is 0.168 e. The standard InChI is InChI=1S/C51H35N3PS/c56-55(47-17-9-7-15-45(47)46-16-8-10-18-48(46)55)44-33-31-40(32-34-44)38-21-19-37(20-22-38)39-25-29-43(30-26-39)51-53-49(41-13-5-2-6-14-41)52-50(54-51)42-27-23-36(24-28-42)35-11-3-1-4-12-35/h1-34,56H/q+1. The van der Waals surface area contributed by atoms with E-state index in [0.29, 0.717) is 17.5 Å². The third-order valence-electron chi connectivity index (χ3n) is 10.6. The summed E-state index contributed by atoms with van der Waals surface area (Å²) in [6.07, 6.45) is 0. The number of fused-ring (bicyclic) bond motifs is 3. The van der Waals surface area contributed by atoms with Crippen molar-refractivity contribution in [1.29, 1.82) is 0 Å². The van der Waals surface area contributed by atoms with Crippen LogP contribution in [0.1, 0.15) is 0 Å². The number of aromatic nitrogens is 3. The molecule has 0 aliphatic carbocycles. The quantitative estimate of drug-likeness (QED) is 0.130. The molecule has 2 heterocycles. The molecule has 0 atom stereocenters. The Morgan fingerprint density at radius 2 is 0.536 bits per heavy atom. The molecule has 0 N–H and O–H groups in total. The van der Waals surface area contributed by atoms with Crippen molar-refractivity contribution in [2.75, 3.05) is 0 Å². The van der Waals surface area contributed by atoms with Crippen LogP contribution in [0.3, 0.4) is 0 Å². The van der Waals surface area contributed by atoms with Gasteiger partial charge in [0.25, 0.3) is 0 Å². The van der Waals surface area contributed by atoms with Crippen molar-refractivity contribution in [2.24, 2.45) is 0 Å². The molecule has 0 amide bonds. The fourth-order valence-electron chi connectivity index (χ4n) is 7.70. The first-order chi connectivity index (χ1) is 27.6. The maximum atomic E-state index is 5.49. The van der Waals surface area contributed by atoms with Crippen molar-refractivity contribution >= 4 is 34.6 Å². The maximum absolute atomic E-state index is 5.49. The number of thiol groups is 1. The average Bonchev–Trinajstić information content (AvgIpc) is 3.55. The predicted molar refractivity (Wildman–Crippen MR) is 239 cm³/mol. The molecule has 9 aromatic rings. The van der Waals surface area contributed by atoms with Gasteiger partial charge >= 0.3 is 0 Å². The van der Waals surface area contributed by atoms with E-state index in [9.17, 15) is 0 Å². The molecular weight excluding hydrogens is 718 g/mol. The van der Waals surface area contributed by atoms with Crippen LogP contribution in [0, 0.1) is 0 Å². The van der Waals surface area contributed by atoms with Gasteiger partial charge in [-0.15, -0.1) is 0 Å². The van der Waals surface area contributed by atoms with Gasteiger partial charge in [0.1, 0.15) is 15.9 Å². The number of hydrogen-bond donors (Lipinski definition) is 1. The molecule has 56 heavy (non-hydrogen) atoms. The van der Waals surface area contributed by atoms with Crippen LogP contribution in [-0.4, -0.2) is 15.0 Å². The minimum absolute atomic E-state index is 0.640. The Morgan fingerprint density at radius 3 is 0.929 bits per heavy atom. The third-order valence-corrected chi connectivity index (χ3v) is 15.9. The van der Waals surface area contributed by atoms with Crippen LogP contribution in [0.15, 0.2) is 206 Å². The van der Waals surface area contributed by atoms with Crippen molar-refractivity contribution in [2.45, 2.75) is 0 Å². The average molecular weight is 753 g/mol. The van der Waals surface area contributed by atoms with Gasteiger partial charge in [0, 0.05) is 40.1 Å². The van der Waals surface area contributed by atoms with Crippen molar-refractivity contribution in [3.63, 3.8) is 0 Å². The van der Waals surface area contributed by atoms with Gasteiger partial charge in [-0.05, 0) is 57.6 Å². The Hall–Kier alpha value is -6.45. The Morgan fingerprint density at radius 1 is 0.268 bits per heavy atom. The molecule has 0 spiro atoms. The Labute approximate surface area is 333 Å². The van der Waals surface area contributed by atoms with Gasteiger partial charge in [-0.3, -0.25) is 0 Å². The number of rotatable bonds is 7. The molecule has 10 rings (SSSR count). The van der Waals surface area contributed by atoms with E-state index in [-0.39, 0.29) is 0 Å². The molecular formula is C51H35N3PS+. The minimum Gasteiger partial charge on any atom is -0.208 e. The number of hydrogen-bond acceptors (Lipinski definition) is 4. The molecule has 3 nitrogen and oxygen atoms in total. The first-order valence-corrected chi connectivity index (χ1v) is 21.7. The lowest BCUT2D eigenvalue weighted by atomic mass is 9.99. The largest absolute Gasteiger partial charge is 0.208 e. The zero-order valence-electron chi connectivity index (χ0n) is 30.4. The van der Waals surface area contributed by atoms with Gasteiger partial charge < -0.3 is 0 Å². The second-order valence-corrected chi connectivity index (χ2v) is 18.5. The van der Waals surface area contributed by atoms with E-state index in [2.05, 4.69) is 170 Å². The molecule has 0 saturated carbocycles. The molecule has 5 heteroatoms. The Kier molecular flexibility index (Phi) is 8.71. The van der Waals surface area contributed by atoms with Gasteiger partial charge in [0.15, 0.2) is 23.9 Å². The summed E-state index contributed by atoms with van der Waals surface area (Å²) in [6, 6.07) is 72.7. The highest BCUT2D eigenvalue weighted by molar-refractivity contribution is 8.61. The lowest BCUT2D eigenvalue weighted by molar-refractivity contribution is 1.07. The third kappa shape index (κ3) is 6.14. The van der Waals surface area contributed by atoms with E-state index in [1.165, 1.54) is 43.7 Å². The van der Waals surface area contributed by atoms with Gasteiger partial charge in [0.05, 0.1) is 0 Å². The van der Waals surface area contributed by atoms with Crippen LogP contribution < -0.4 is 15.9 Å². The maximum Gasteiger partial charge on any atom is 0.168 e. The van der Waals surface area contributed by atoms with Crippen LogP contribution in [0.4, 0.5) is 0 Å². The topological polar surface area (TPSA) is 38.7 Å². The summed E-state index contributed by atoms with van der Waals surface area (Å²) in [4.78, 5) is 14.8. The van der Waals surface area contributed by atoms with Gasteiger partial charge in [-0.2, -0.15) is 0 Å². The normalized spacial score (nSPS) is 12.5. The van der Waals surface area contributed by atoms with Gasteiger partial charge in [0.2, 0.25) is 0 Å². The molecule has 8 aromatic carbocycles. The second kappa shape index (κ2) is 14.3. The lowest BCUT2D eigenvalue weighted by Gasteiger charge is -2.17. The molecule has 264 valence electrons. The molecule has 0 saturated heterocycles. The second-order valence-electron chi connectivity index (χ2n) is 14.0. The van der Waals surface area contributed by atoms with E-state index in [1.54, 1.807) is 0 Å². The van der Waals surface area contributed by atoms with Crippen molar-refractivity contribution in [3.8, 4) is 78.7 Å². The highest BCUT2D eigenvalue weighted by Crippen LogP contribution is 2.65. The summed E-state index contributed by atoms with van der Waals surface area (Å²) in [5.74, 6) is 1.93. The van der Waals surface area contributed by atoms with Crippen molar-refractivity contribution in [1.82, 2.24) is 15.0 Å². The molecule has 1 aromatic heterocycles. The number of nitrogens with zero attached hydrogens (tertiary/aromatic N) is 3. The highest BCUT2D eigenvalue weighted by atomic mass is 32.7. The van der Waals surface area contributed by atoms with E-state index in [0.717, 1.165) is 33.4 Å². The van der Waals surface area contributed by atoms with Crippen molar-refractivity contribution < 1.29 is 0 Å². The number of benzene rings is 8. The molecule has 0 fully saturated rings. The molecule has 1 aliphatic rings. The predicted octanol–water partition coefficient (Wildman–Crippen LogP) is 12.0. The summed E-state index contributed by atoms with van der Waals surface area (Å²) < 4.78 is 0. The summed E-state index contributed by atoms with van der Waals surface area (Å²) in [7, 11) is 0. The van der Waals surface area contributed by atoms with E-state index < -0.39 is 6.46 Å². The minimum atomic E-state index is -2.01. The van der Waals surface area contributed by atoms with Crippen LogP contribution in [0.5, 0.6) is 0 Å². The van der Waals surface area contributed by atoms with Crippen LogP contribution in [0.25, 0.3) is 78.7 Å². The zero-order chi connectivity index (χ0) is 37.5. The SMILES string of the molecule is S[P+]1(c2ccc(-c3ccc(-c4ccc(-c5nc(-c6ccccc6)nc(-c6ccc(-c7ccccc7)cc6)n5)cc4)cc3)cc2)c2ccccc2-c2ccccc21. The summed E-state index contributed by atoms with van der Waals surface area (Å²) >= 11 is 5.49. The Bertz CT molecular complexity index is 2780. The highest BCUT2D eigenvalue weighted by Gasteiger charge is 2.50. The molecule has 0 radical (unpaired) electrons. The molecule has 1 aliphatic heterocycles. The summed E-state index contributed by atoms with van der Waals surface area (Å²) in [6.45, 7) is -2.01. The van der Waals surface area contributed by atoms with Crippen LogP contribution in [-0.2, 0) is 0 Å². The fraction of sp³-hybridized carbons (Fsp3) is 0.